The smallest absolute Gasteiger partial charge is 0.375 e. The van der Waals surface area contributed by atoms with Gasteiger partial charge in [0.2, 0.25) is 0 Å². The molecule has 3 nitrogen and oxygen atoms in total. The Morgan fingerprint density at radius 3 is 2.43 bits per heavy atom. The summed E-state index contributed by atoms with van der Waals surface area (Å²) in [7, 11) is 0. The van der Waals surface area contributed by atoms with Crippen molar-refractivity contribution in [2.45, 2.75) is 25.7 Å². The van der Waals surface area contributed by atoms with E-state index >= 15 is 0 Å². The van der Waals surface area contributed by atoms with Crippen LogP contribution in [0.15, 0.2) is 36.5 Å². The molecule has 7 heteroatoms. The number of hydrogen-bond donors (Lipinski definition) is 1. The fraction of sp³-hybridized carbons (Fsp3) is 0.357. The molecule has 1 aromatic heterocycles. The summed E-state index contributed by atoms with van der Waals surface area (Å²) < 4.78 is 37.3. The van der Waals surface area contributed by atoms with Crippen LogP contribution in [0.5, 0.6) is 0 Å². The quantitative estimate of drug-likeness (QED) is 0.884. The molecule has 0 amide bonds. The molecule has 2 aromatic rings. The van der Waals surface area contributed by atoms with E-state index in [1.807, 2.05) is 30.3 Å². The second kappa shape index (κ2) is 6.91. The molecule has 0 radical (unpaired) electrons. The van der Waals surface area contributed by atoms with Crippen LogP contribution in [0.25, 0.3) is 0 Å². The van der Waals surface area contributed by atoms with Crippen molar-refractivity contribution in [1.29, 1.82) is 0 Å². The molecule has 0 unspecified atom stereocenters. The Labute approximate surface area is 125 Å². The van der Waals surface area contributed by atoms with Gasteiger partial charge in [-0.2, -0.15) is 13.2 Å². The molecule has 0 aliphatic carbocycles. The van der Waals surface area contributed by atoms with Crippen LogP contribution < -0.4 is 5.73 Å². The Balaban J connectivity index is 2.02. The van der Waals surface area contributed by atoms with E-state index in [2.05, 4.69) is 4.98 Å². The summed E-state index contributed by atoms with van der Waals surface area (Å²) in [5, 5.41) is 0.431. The first-order chi connectivity index (χ1) is 9.92. The lowest BCUT2D eigenvalue weighted by Gasteiger charge is -2.22. The van der Waals surface area contributed by atoms with E-state index in [1.54, 1.807) is 11.1 Å². The molecule has 2 N–H and O–H groups in total. The molecule has 2 rings (SSSR count). The summed E-state index contributed by atoms with van der Waals surface area (Å²) in [6.07, 6.45) is -3.36. The van der Waals surface area contributed by atoms with Crippen molar-refractivity contribution in [3.05, 3.63) is 47.0 Å². The highest BCUT2D eigenvalue weighted by Crippen LogP contribution is 2.23. The number of benzene rings is 1. The zero-order valence-corrected chi connectivity index (χ0v) is 12.1. The monoisotopic (exact) mass is 315 g/mol. The predicted molar refractivity (Wildman–Crippen MR) is 77.8 cm³/mol. The van der Waals surface area contributed by atoms with Gasteiger partial charge in [0, 0.05) is 30.7 Å². The van der Waals surface area contributed by atoms with Crippen LogP contribution in [0.4, 0.5) is 18.3 Å². The molecule has 0 fully saturated rings. The molecule has 1 aromatic carbocycles. The van der Waals surface area contributed by atoms with Gasteiger partial charge >= 0.3 is 6.18 Å². The Bertz CT molecular complexity index is 554. The maximum Gasteiger partial charge on any atom is 0.390 e. The third kappa shape index (κ3) is 5.73. The summed E-state index contributed by atoms with van der Waals surface area (Å²) in [4.78, 5) is 6.56. The Morgan fingerprint density at radius 1 is 1.14 bits per heavy atom. The molecule has 0 aliphatic heterocycles. The minimum atomic E-state index is -4.15. The first kappa shape index (κ1) is 15.8. The number of alkyl halides is 3. The van der Waals surface area contributed by atoms with E-state index in [4.69, 9.17) is 5.73 Å². The zero-order chi connectivity index (χ0) is 15.3. The molecular formula is C14H16F3N3S. The number of thiazole rings is 1. The van der Waals surface area contributed by atoms with Crippen LogP contribution in [-0.4, -0.2) is 22.6 Å². The number of hydrogen-bond acceptors (Lipinski definition) is 4. The molecule has 0 saturated heterocycles. The molecular weight excluding hydrogens is 299 g/mol. The lowest BCUT2D eigenvalue weighted by Crippen LogP contribution is -2.27. The van der Waals surface area contributed by atoms with E-state index in [-0.39, 0.29) is 6.54 Å². The van der Waals surface area contributed by atoms with Crippen LogP contribution >= 0.6 is 11.3 Å². The van der Waals surface area contributed by atoms with Crippen LogP contribution in [0.2, 0.25) is 0 Å². The molecule has 21 heavy (non-hydrogen) atoms. The number of halogens is 3. The second-order valence-corrected chi connectivity index (χ2v) is 5.87. The largest absolute Gasteiger partial charge is 0.390 e. The normalized spacial score (nSPS) is 12.0. The maximum absolute atomic E-state index is 12.4. The van der Waals surface area contributed by atoms with Gasteiger partial charge in [-0.3, -0.25) is 4.90 Å². The zero-order valence-electron chi connectivity index (χ0n) is 11.3. The number of anilines is 1. The summed E-state index contributed by atoms with van der Waals surface area (Å²) >= 11 is 1.30. The molecule has 114 valence electrons. The average molecular weight is 315 g/mol. The molecule has 1 heterocycles. The van der Waals surface area contributed by atoms with Crippen molar-refractivity contribution in [2.75, 3.05) is 12.3 Å². The van der Waals surface area contributed by atoms with E-state index in [0.29, 0.717) is 18.2 Å². The van der Waals surface area contributed by atoms with Crippen LogP contribution in [-0.2, 0) is 13.1 Å². The van der Waals surface area contributed by atoms with Gasteiger partial charge in [-0.15, -0.1) is 11.3 Å². The number of nitrogen functional groups attached to an aromatic ring is 1. The summed E-state index contributed by atoms with van der Waals surface area (Å²) in [6.45, 7) is 0.838. The van der Waals surface area contributed by atoms with Crippen molar-refractivity contribution in [2.24, 2.45) is 0 Å². The van der Waals surface area contributed by atoms with Crippen molar-refractivity contribution >= 4 is 16.5 Å². The van der Waals surface area contributed by atoms with Gasteiger partial charge in [0.15, 0.2) is 5.13 Å². The summed E-state index contributed by atoms with van der Waals surface area (Å²) in [5.41, 5.74) is 6.54. The van der Waals surface area contributed by atoms with Gasteiger partial charge in [-0.25, -0.2) is 4.98 Å². The lowest BCUT2D eigenvalue weighted by atomic mass is 10.2. The maximum atomic E-state index is 12.4. The van der Waals surface area contributed by atoms with E-state index in [0.717, 1.165) is 10.4 Å². The number of rotatable bonds is 6. The van der Waals surface area contributed by atoms with Crippen LogP contribution in [0, 0.1) is 0 Å². The molecule has 0 aliphatic rings. The average Bonchev–Trinajstić information content (AvgIpc) is 2.82. The van der Waals surface area contributed by atoms with Crippen LogP contribution in [0.1, 0.15) is 16.9 Å². The number of nitrogens with zero attached hydrogens (tertiary/aromatic N) is 2. The Hall–Kier alpha value is -1.60. The van der Waals surface area contributed by atoms with Crippen molar-refractivity contribution in [3.63, 3.8) is 0 Å². The second-order valence-electron chi connectivity index (χ2n) is 4.73. The first-order valence-electron chi connectivity index (χ1n) is 6.45. The fourth-order valence-electron chi connectivity index (χ4n) is 1.96. The van der Waals surface area contributed by atoms with Gasteiger partial charge in [0.05, 0.1) is 6.42 Å². The number of aromatic nitrogens is 1. The van der Waals surface area contributed by atoms with Crippen molar-refractivity contribution < 1.29 is 13.2 Å². The molecule has 0 saturated carbocycles. The Morgan fingerprint density at radius 2 is 1.86 bits per heavy atom. The highest BCUT2D eigenvalue weighted by Gasteiger charge is 2.27. The van der Waals surface area contributed by atoms with Gasteiger partial charge in [0.1, 0.15) is 0 Å². The van der Waals surface area contributed by atoms with Gasteiger partial charge < -0.3 is 5.73 Å². The van der Waals surface area contributed by atoms with Crippen molar-refractivity contribution in [3.8, 4) is 0 Å². The summed E-state index contributed by atoms with van der Waals surface area (Å²) in [6, 6.07) is 9.45. The topological polar surface area (TPSA) is 42.1 Å². The summed E-state index contributed by atoms with van der Waals surface area (Å²) in [5.74, 6) is 0. The molecule has 0 spiro atoms. The van der Waals surface area contributed by atoms with Gasteiger partial charge in [0.25, 0.3) is 0 Å². The van der Waals surface area contributed by atoms with Crippen LogP contribution in [0.3, 0.4) is 0 Å². The van der Waals surface area contributed by atoms with E-state index < -0.39 is 12.6 Å². The minimum absolute atomic E-state index is 0.0454. The minimum Gasteiger partial charge on any atom is -0.375 e. The highest BCUT2D eigenvalue weighted by molar-refractivity contribution is 7.15. The predicted octanol–water partition coefficient (Wildman–Crippen LogP) is 3.68. The SMILES string of the molecule is Nc1ncc(CN(CCC(F)(F)F)Cc2ccccc2)s1. The van der Waals surface area contributed by atoms with E-state index in [9.17, 15) is 13.2 Å². The fourth-order valence-corrected chi connectivity index (χ4v) is 2.68. The van der Waals surface area contributed by atoms with Gasteiger partial charge in [-0.05, 0) is 5.56 Å². The van der Waals surface area contributed by atoms with Gasteiger partial charge in [-0.1, -0.05) is 30.3 Å². The standard InChI is InChI=1S/C14H16F3N3S/c15-14(16,17)6-7-20(9-11-4-2-1-3-5-11)10-12-8-19-13(18)21-12/h1-5,8H,6-7,9-10H2,(H2,18,19). The highest BCUT2D eigenvalue weighted by atomic mass is 32.1. The lowest BCUT2D eigenvalue weighted by molar-refractivity contribution is -0.138. The molecule has 0 atom stereocenters. The Kier molecular flexibility index (Phi) is 5.19. The third-order valence-corrected chi connectivity index (χ3v) is 3.72. The number of nitrogens with two attached hydrogens (primary N) is 1. The first-order valence-corrected chi connectivity index (χ1v) is 7.27. The van der Waals surface area contributed by atoms with Crippen molar-refractivity contribution in [1.82, 2.24) is 9.88 Å². The van der Waals surface area contributed by atoms with E-state index in [1.165, 1.54) is 11.3 Å². The third-order valence-electron chi connectivity index (χ3n) is 2.91. The molecule has 0 bridgehead atoms.